The highest BCUT2D eigenvalue weighted by Gasteiger charge is 2.12. The molecule has 0 bridgehead atoms. The predicted octanol–water partition coefficient (Wildman–Crippen LogP) is 4.42. The van der Waals surface area contributed by atoms with Crippen molar-refractivity contribution in [2.75, 3.05) is 12.4 Å². The van der Waals surface area contributed by atoms with Crippen LogP contribution in [0.2, 0.25) is 5.02 Å². The largest absolute Gasteiger partial charge is 0.495 e. The molecular weight excluding hydrogens is 420 g/mol. The number of methoxy groups -OCH3 is 1. The van der Waals surface area contributed by atoms with Gasteiger partial charge in [0.1, 0.15) is 5.75 Å². The van der Waals surface area contributed by atoms with E-state index in [4.69, 9.17) is 28.6 Å². The van der Waals surface area contributed by atoms with E-state index in [1.807, 2.05) is 42.9 Å². The van der Waals surface area contributed by atoms with Crippen LogP contribution in [0.1, 0.15) is 32.9 Å². The van der Waals surface area contributed by atoms with E-state index in [9.17, 15) is 4.79 Å². The molecule has 0 radical (unpaired) electrons. The summed E-state index contributed by atoms with van der Waals surface area (Å²) in [5.74, 6) is 0.155. The number of anilines is 1. The number of thiocarbonyl (C=S) groups is 1. The lowest BCUT2D eigenvalue weighted by Crippen LogP contribution is -2.34. The maximum absolute atomic E-state index is 12.4. The summed E-state index contributed by atoms with van der Waals surface area (Å²) >= 11 is 11.3. The minimum atomic E-state index is -0.351. The molecule has 0 unspecified atom stereocenters. The number of aryl methyl sites for hydroxylation is 2. The molecule has 0 atom stereocenters. The number of carbonyl (C=O) groups excluding carboxylic acids is 1. The van der Waals surface area contributed by atoms with Crippen LogP contribution in [0.15, 0.2) is 42.5 Å². The van der Waals surface area contributed by atoms with E-state index in [0.717, 1.165) is 23.5 Å². The zero-order valence-electron chi connectivity index (χ0n) is 17.2. The minimum Gasteiger partial charge on any atom is -0.495 e. The van der Waals surface area contributed by atoms with Gasteiger partial charge in [-0.15, -0.1) is 0 Å². The van der Waals surface area contributed by atoms with Crippen LogP contribution in [-0.2, 0) is 13.5 Å². The molecule has 2 aromatic carbocycles. The van der Waals surface area contributed by atoms with Gasteiger partial charge >= 0.3 is 0 Å². The first-order valence-electron chi connectivity index (χ1n) is 9.32. The van der Waals surface area contributed by atoms with Crippen LogP contribution in [0.3, 0.4) is 0 Å². The molecule has 0 saturated carbocycles. The average molecular weight is 443 g/mol. The molecule has 1 aromatic heterocycles. The fraction of sp³-hybridized carbons (Fsp3) is 0.227. The van der Waals surface area contributed by atoms with E-state index in [1.54, 1.807) is 12.1 Å². The summed E-state index contributed by atoms with van der Waals surface area (Å²) in [7, 11) is 3.47. The highest BCUT2D eigenvalue weighted by atomic mass is 35.5. The molecule has 0 fully saturated rings. The second-order valence-corrected chi connectivity index (χ2v) is 7.72. The standard InChI is InChI=1S/C22H23ClN4O2S/c1-13-18(14(2)27(3)26-13)11-15-5-8-17(9-6-15)24-22(30)25-21(28)16-7-10-20(29-4)19(23)12-16/h5-10,12H,11H2,1-4H3,(H2,24,25,28,30). The van der Waals surface area contributed by atoms with Crippen LogP contribution >= 0.6 is 23.8 Å². The SMILES string of the molecule is COc1ccc(C(=O)NC(=S)Nc2ccc(Cc3c(C)nn(C)c3C)cc2)cc1Cl. The summed E-state index contributed by atoms with van der Waals surface area (Å²) in [6, 6.07) is 12.7. The third-order valence-corrected chi connectivity index (χ3v) is 5.39. The second kappa shape index (κ2) is 9.28. The highest BCUT2D eigenvalue weighted by molar-refractivity contribution is 7.80. The number of carbonyl (C=O) groups is 1. The molecular formula is C22H23ClN4O2S. The van der Waals surface area contributed by atoms with Crippen molar-refractivity contribution in [3.8, 4) is 5.75 Å². The van der Waals surface area contributed by atoms with Crippen LogP contribution in [0, 0.1) is 13.8 Å². The summed E-state index contributed by atoms with van der Waals surface area (Å²) in [5.41, 5.74) is 5.79. The normalized spacial score (nSPS) is 10.6. The molecule has 1 amide bonds. The number of halogens is 1. The van der Waals surface area contributed by atoms with Gasteiger partial charge in [-0.25, -0.2) is 0 Å². The molecule has 0 aliphatic heterocycles. The van der Waals surface area contributed by atoms with Crippen LogP contribution in [-0.4, -0.2) is 27.9 Å². The van der Waals surface area contributed by atoms with Gasteiger partial charge < -0.3 is 10.1 Å². The molecule has 30 heavy (non-hydrogen) atoms. The zero-order valence-corrected chi connectivity index (χ0v) is 18.8. The molecule has 0 spiro atoms. The number of aromatic nitrogens is 2. The molecule has 6 nitrogen and oxygen atoms in total. The average Bonchev–Trinajstić information content (AvgIpc) is 2.95. The molecule has 3 aromatic rings. The van der Waals surface area contributed by atoms with E-state index in [-0.39, 0.29) is 11.0 Å². The van der Waals surface area contributed by atoms with E-state index >= 15 is 0 Å². The molecule has 0 aliphatic rings. The van der Waals surface area contributed by atoms with E-state index in [0.29, 0.717) is 16.3 Å². The fourth-order valence-corrected chi connectivity index (χ4v) is 3.60. The Morgan fingerprint density at radius 1 is 1.20 bits per heavy atom. The summed E-state index contributed by atoms with van der Waals surface area (Å²) in [6.07, 6.45) is 0.811. The fourth-order valence-electron chi connectivity index (χ4n) is 3.13. The minimum absolute atomic E-state index is 0.207. The number of nitrogens with zero attached hydrogens (tertiary/aromatic N) is 2. The Morgan fingerprint density at radius 2 is 1.90 bits per heavy atom. The Bertz CT molecular complexity index is 1090. The molecule has 1 heterocycles. The Hall–Kier alpha value is -2.90. The van der Waals surface area contributed by atoms with Crippen molar-refractivity contribution in [2.45, 2.75) is 20.3 Å². The number of nitrogens with one attached hydrogen (secondary N) is 2. The lowest BCUT2D eigenvalue weighted by atomic mass is 10.0. The number of hydrogen-bond acceptors (Lipinski definition) is 4. The number of benzene rings is 2. The number of hydrogen-bond donors (Lipinski definition) is 2. The van der Waals surface area contributed by atoms with Gasteiger partial charge in [-0.3, -0.25) is 14.8 Å². The molecule has 8 heteroatoms. The highest BCUT2D eigenvalue weighted by Crippen LogP contribution is 2.25. The van der Waals surface area contributed by atoms with Crippen LogP contribution < -0.4 is 15.4 Å². The third-order valence-electron chi connectivity index (χ3n) is 4.89. The second-order valence-electron chi connectivity index (χ2n) is 6.90. The van der Waals surface area contributed by atoms with Gasteiger partial charge in [-0.05, 0) is 62.0 Å². The first-order chi connectivity index (χ1) is 14.3. The van der Waals surface area contributed by atoms with Gasteiger partial charge in [0.2, 0.25) is 0 Å². The Labute approximate surface area is 186 Å². The number of rotatable bonds is 5. The summed E-state index contributed by atoms with van der Waals surface area (Å²) in [4.78, 5) is 12.4. The molecule has 0 saturated heterocycles. The third kappa shape index (κ3) is 4.98. The van der Waals surface area contributed by atoms with E-state index in [1.165, 1.54) is 24.3 Å². The first kappa shape index (κ1) is 21.8. The topological polar surface area (TPSA) is 68.2 Å². The maximum atomic E-state index is 12.4. The number of ether oxygens (including phenoxy) is 1. The van der Waals surface area contributed by atoms with Gasteiger partial charge in [-0.1, -0.05) is 23.7 Å². The van der Waals surface area contributed by atoms with Crippen molar-refractivity contribution >= 4 is 40.5 Å². The van der Waals surface area contributed by atoms with Crippen LogP contribution in [0.5, 0.6) is 5.75 Å². The number of amides is 1. The summed E-state index contributed by atoms with van der Waals surface area (Å²) in [5, 5.41) is 10.7. The summed E-state index contributed by atoms with van der Waals surface area (Å²) < 4.78 is 7.00. The summed E-state index contributed by atoms with van der Waals surface area (Å²) in [6.45, 7) is 4.09. The first-order valence-corrected chi connectivity index (χ1v) is 10.1. The van der Waals surface area contributed by atoms with Crippen LogP contribution in [0.25, 0.3) is 0 Å². The van der Waals surface area contributed by atoms with Gasteiger partial charge in [0.05, 0.1) is 17.8 Å². The van der Waals surface area contributed by atoms with Crippen LogP contribution in [0.4, 0.5) is 5.69 Å². The molecule has 0 aliphatic carbocycles. The lowest BCUT2D eigenvalue weighted by molar-refractivity contribution is 0.0977. The van der Waals surface area contributed by atoms with Crippen molar-refractivity contribution in [1.82, 2.24) is 15.1 Å². The van der Waals surface area contributed by atoms with E-state index in [2.05, 4.69) is 22.7 Å². The monoisotopic (exact) mass is 442 g/mol. The maximum Gasteiger partial charge on any atom is 0.257 e. The zero-order chi connectivity index (χ0) is 21.8. The lowest BCUT2D eigenvalue weighted by Gasteiger charge is -2.11. The Kier molecular flexibility index (Phi) is 6.74. The predicted molar refractivity (Wildman–Crippen MR) is 124 cm³/mol. The van der Waals surface area contributed by atoms with Crippen molar-refractivity contribution in [3.05, 3.63) is 75.6 Å². The van der Waals surface area contributed by atoms with Gasteiger partial charge in [0, 0.05) is 36.0 Å². The molecule has 3 rings (SSSR count). The van der Waals surface area contributed by atoms with Gasteiger partial charge in [0.25, 0.3) is 5.91 Å². The Balaban J connectivity index is 1.60. The van der Waals surface area contributed by atoms with Crippen molar-refractivity contribution in [2.24, 2.45) is 7.05 Å². The molecule has 156 valence electrons. The smallest absolute Gasteiger partial charge is 0.257 e. The van der Waals surface area contributed by atoms with E-state index < -0.39 is 0 Å². The van der Waals surface area contributed by atoms with Crippen molar-refractivity contribution in [1.29, 1.82) is 0 Å². The molecule has 2 N–H and O–H groups in total. The van der Waals surface area contributed by atoms with Crippen molar-refractivity contribution < 1.29 is 9.53 Å². The van der Waals surface area contributed by atoms with Gasteiger partial charge in [0.15, 0.2) is 5.11 Å². The quantitative estimate of drug-likeness (QED) is 0.572. The van der Waals surface area contributed by atoms with Gasteiger partial charge in [-0.2, -0.15) is 5.10 Å². The Morgan fingerprint density at radius 3 is 2.47 bits per heavy atom. The van der Waals surface area contributed by atoms with Crippen molar-refractivity contribution in [3.63, 3.8) is 0 Å².